The van der Waals surface area contributed by atoms with E-state index in [0.29, 0.717) is 13.2 Å². The van der Waals surface area contributed by atoms with Gasteiger partial charge < -0.3 is 10.1 Å². The third-order valence-electron chi connectivity index (χ3n) is 4.08. The molecule has 1 saturated carbocycles. The fourth-order valence-electron chi connectivity index (χ4n) is 2.85. The number of nitrogens with zero attached hydrogens (tertiary/aromatic N) is 1. The second kappa shape index (κ2) is 6.19. The molecule has 2 rings (SSSR count). The number of hydrogen-bond donors (Lipinski definition) is 1. The Morgan fingerprint density at radius 3 is 2.44 bits per heavy atom. The first-order valence-electron chi connectivity index (χ1n) is 7.07. The fraction of sp³-hybridized carbons (Fsp3) is 0.857. The first-order chi connectivity index (χ1) is 8.76. The molecule has 4 nitrogen and oxygen atoms in total. The third kappa shape index (κ3) is 3.23. The zero-order valence-corrected chi connectivity index (χ0v) is 10.9. The summed E-state index contributed by atoms with van der Waals surface area (Å²) in [7, 11) is 0. The highest BCUT2D eigenvalue weighted by Crippen LogP contribution is 2.26. The van der Waals surface area contributed by atoms with Crippen LogP contribution in [0.15, 0.2) is 0 Å². The minimum Gasteiger partial charge on any atom is -0.381 e. The maximum atomic E-state index is 12.1. The molecule has 100 valence electrons. The van der Waals surface area contributed by atoms with Crippen molar-refractivity contribution >= 4 is 5.91 Å². The molecule has 0 spiro atoms. The molecule has 0 aromatic heterocycles. The predicted octanol–water partition coefficient (Wildman–Crippen LogP) is 2.15. The zero-order valence-electron chi connectivity index (χ0n) is 10.9. The Balaban J connectivity index is 1.97. The Labute approximate surface area is 109 Å². The molecule has 1 heterocycles. The second-order valence-corrected chi connectivity index (χ2v) is 5.51. The van der Waals surface area contributed by atoms with Crippen LogP contribution in [0.1, 0.15) is 51.4 Å². The van der Waals surface area contributed by atoms with Gasteiger partial charge in [-0.25, -0.2) is 0 Å². The van der Waals surface area contributed by atoms with Gasteiger partial charge in [-0.05, 0) is 19.3 Å². The smallest absolute Gasteiger partial charge is 0.226 e. The van der Waals surface area contributed by atoms with Crippen LogP contribution in [0.25, 0.3) is 0 Å². The highest BCUT2D eigenvalue weighted by atomic mass is 16.5. The maximum Gasteiger partial charge on any atom is 0.226 e. The molecule has 4 heteroatoms. The van der Waals surface area contributed by atoms with Crippen LogP contribution in [-0.2, 0) is 9.53 Å². The van der Waals surface area contributed by atoms with E-state index < -0.39 is 5.54 Å². The number of nitrogens with one attached hydrogen (secondary N) is 1. The van der Waals surface area contributed by atoms with E-state index in [1.807, 2.05) is 0 Å². The van der Waals surface area contributed by atoms with Crippen LogP contribution in [0.2, 0.25) is 0 Å². The second-order valence-electron chi connectivity index (χ2n) is 5.51. The first-order valence-corrected chi connectivity index (χ1v) is 7.07. The van der Waals surface area contributed by atoms with Crippen molar-refractivity contribution in [3.05, 3.63) is 0 Å². The van der Waals surface area contributed by atoms with Gasteiger partial charge >= 0.3 is 0 Å². The van der Waals surface area contributed by atoms with Crippen molar-refractivity contribution in [2.24, 2.45) is 5.92 Å². The molecule has 1 unspecified atom stereocenters. The van der Waals surface area contributed by atoms with Crippen LogP contribution in [0, 0.1) is 17.2 Å². The summed E-state index contributed by atoms with van der Waals surface area (Å²) in [4.78, 5) is 12.1. The molecule has 1 saturated heterocycles. The van der Waals surface area contributed by atoms with Gasteiger partial charge in [-0.2, -0.15) is 5.26 Å². The van der Waals surface area contributed by atoms with Crippen molar-refractivity contribution in [1.82, 2.24) is 5.32 Å². The molecule has 1 aliphatic heterocycles. The average Bonchev–Trinajstić information content (AvgIpc) is 2.86. The van der Waals surface area contributed by atoms with E-state index in [0.717, 1.165) is 32.1 Å². The van der Waals surface area contributed by atoms with E-state index >= 15 is 0 Å². The third-order valence-corrected chi connectivity index (χ3v) is 4.08. The van der Waals surface area contributed by atoms with Gasteiger partial charge in [-0.3, -0.25) is 4.79 Å². The molecule has 0 aromatic rings. The zero-order chi connectivity index (χ0) is 12.8. The Morgan fingerprint density at radius 2 is 1.89 bits per heavy atom. The number of hydrogen-bond acceptors (Lipinski definition) is 3. The van der Waals surface area contributed by atoms with Crippen molar-refractivity contribution in [3.63, 3.8) is 0 Å². The van der Waals surface area contributed by atoms with E-state index in [4.69, 9.17) is 4.74 Å². The van der Waals surface area contributed by atoms with Crippen LogP contribution in [0.4, 0.5) is 0 Å². The Kier molecular flexibility index (Phi) is 4.60. The molecule has 2 aliphatic rings. The summed E-state index contributed by atoms with van der Waals surface area (Å²) in [6.07, 6.45) is 8.05. The number of carbonyl (C=O) groups excluding carboxylic acids is 1. The summed E-state index contributed by atoms with van der Waals surface area (Å²) in [5, 5.41) is 12.5. The van der Waals surface area contributed by atoms with Gasteiger partial charge in [0.1, 0.15) is 5.54 Å². The lowest BCUT2D eigenvalue weighted by molar-refractivity contribution is -0.126. The SMILES string of the molecule is N#CC1(NC(=O)C2CCOC2)CCCCCCC1. The molecule has 2 fully saturated rings. The van der Waals surface area contributed by atoms with Crippen LogP contribution >= 0.6 is 0 Å². The minimum atomic E-state index is -0.625. The summed E-state index contributed by atoms with van der Waals surface area (Å²) >= 11 is 0. The van der Waals surface area contributed by atoms with Gasteiger partial charge in [0.05, 0.1) is 18.6 Å². The Bertz CT molecular complexity index is 321. The summed E-state index contributed by atoms with van der Waals surface area (Å²) in [5.41, 5.74) is -0.625. The Hall–Kier alpha value is -1.08. The van der Waals surface area contributed by atoms with E-state index in [-0.39, 0.29) is 11.8 Å². The number of carbonyl (C=O) groups is 1. The molecule has 0 bridgehead atoms. The summed E-state index contributed by atoms with van der Waals surface area (Å²) in [6, 6.07) is 2.37. The summed E-state index contributed by atoms with van der Waals surface area (Å²) in [5.74, 6) is -0.0460. The summed E-state index contributed by atoms with van der Waals surface area (Å²) < 4.78 is 5.23. The van der Waals surface area contributed by atoms with Gasteiger partial charge in [0, 0.05) is 6.61 Å². The van der Waals surface area contributed by atoms with Gasteiger partial charge in [0.25, 0.3) is 0 Å². The normalized spacial score (nSPS) is 27.8. The standard InChI is InChI=1S/C14H22N2O2/c15-11-14(7-4-2-1-3-5-8-14)16-13(17)12-6-9-18-10-12/h12H,1-10H2,(H,16,17). The van der Waals surface area contributed by atoms with Crippen molar-refractivity contribution in [1.29, 1.82) is 5.26 Å². The largest absolute Gasteiger partial charge is 0.381 e. The molecular weight excluding hydrogens is 228 g/mol. The van der Waals surface area contributed by atoms with Crippen LogP contribution < -0.4 is 5.32 Å². The lowest BCUT2D eigenvalue weighted by atomic mass is 9.84. The summed E-state index contributed by atoms with van der Waals surface area (Å²) in [6.45, 7) is 1.17. The van der Waals surface area contributed by atoms with E-state index in [9.17, 15) is 10.1 Å². The minimum absolute atomic E-state index is 0.00891. The molecule has 0 aromatic carbocycles. The number of rotatable bonds is 2. The lowest BCUT2D eigenvalue weighted by Crippen LogP contribution is -2.50. The van der Waals surface area contributed by atoms with Crippen LogP contribution in [0.5, 0.6) is 0 Å². The molecular formula is C14H22N2O2. The van der Waals surface area contributed by atoms with Crippen LogP contribution in [-0.4, -0.2) is 24.7 Å². The fourth-order valence-corrected chi connectivity index (χ4v) is 2.85. The maximum absolute atomic E-state index is 12.1. The Morgan fingerprint density at radius 1 is 1.22 bits per heavy atom. The van der Waals surface area contributed by atoms with E-state index in [2.05, 4.69) is 11.4 Å². The van der Waals surface area contributed by atoms with Gasteiger partial charge in [-0.15, -0.1) is 0 Å². The highest BCUT2D eigenvalue weighted by molar-refractivity contribution is 5.80. The van der Waals surface area contributed by atoms with E-state index in [1.165, 1.54) is 19.3 Å². The average molecular weight is 250 g/mol. The topological polar surface area (TPSA) is 62.1 Å². The molecule has 1 atom stereocenters. The molecule has 1 amide bonds. The molecule has 1 aliphatic carbocycles. The van der Waals surface area contributed by atoms with Gasteiger partial charge in [0.2, 0.25) is 5.91 Å². The first kappa shape index (κ1) is 13.4. The van der Waals surface area contributed by atoms with Crippen LogP contribution in [0.3, 0.4) is 0 Å². The highest BCUT2D eigenvalue weighted by Gasteiger charge is 2.35. The van der Waals surface area contributed by atoms with Crippen molar-refractivity contribution < 1.29 is 9.53 Å². The van der Waals surface area contributed by atoms with Gasteiger partial charge in [-0.1, -0.05) is 32.1 Å². The lowest BCUT2D eigenvalue weighted by Gasteiger charge is -2.30. The quantitative estimate of drug-likeness (QED) is 0.816. The van der Waals surface area contributed by atoms with Crippen molar-refractivity contribution in [2.75, 3.05) is 13.2 Å². The van der Waals surface area contributed by atoms with Gasteiger partial charge in [0.15, 0.2) is 0 Å². The number of ether oxygens (including phenoxy) is 1. The van der Waals surface area contributed by atoms with Crippen molar-refractivity contribution in [3.8, 4) is 6.07 Å². The number of amides is 1. The predicted molar refractivity (Wildman–Crippen MR) is 67.7 cm³/mol. The number of nitriles is 1. The molecule has 18 heavy (non-hydrogen) atoms. The van der Waals surface area contributed by atoms with Crippen molar-refractivity contribution in [2.45, 2.75) is 56.9 Å². The molecule has 1 N–H and O–H groups in total. The molecule has 0 radical (unpaired) electrons. The van der Waals surface area contributed by atoms with E-state index in [1.54, 1.807) is 0 Å². The monoisotopic (exact) mass is 250 g/mol.